The van der Waals surface area contributed by atoms with Gasteiger partial charge in [0.05, 0.1) is 0 Å². The first-order valence-electron chi connectivity index (χ1n) is 4.13. The maximum Gasteiger partial charge on any atom is 0.0181 e. The number of nitrogens with one attached hydrogen (secondary N) is 1. The minimum atomic E-state index is 0.751. The Morgan fingerprint density at radius 3 is 2.70 bits per heavy atom. The average Bonchev–Trinajstić information content (AvgIpc) is 1.88. The van der Waals surface area contributed by atoms with Crippen LogP contribution in [-0.2, 0) is 0 Å². The Hall–Kier alpha value is 0.310. The number of rotatable bonds is 1. The van der Waals surface area contributed by atoms with Crippen molar-refractivity contribution in [1.29, 1.82) is 0 Å². The fraction of sp³-hybridized carbons (Fsp3) is 1.00. The number of thioether (sulfide) groups is 1. The summed E-state index contributed by atoms with van der Waals surface area (Å²) in [5.74, 6) is 0. The molecule has 60 valence electrons. The molecule has 0 radical (unpaired) electrons. The molecule has 0 aromatic heterocycles. The first kappa shape index (κ1) is 8.41. The van der Waals surface area contributed by atoms with Crippen molar-refractivity contribution in [3.05, 3.63) is 0 Å². The first-order chi connectivity index (χ1) is 4.74. The molecule has 2 heteroatoms. The van der Waals surface area contributed by atoms with E-state index >= 15 is 0 Å². The molecule has 1 aliphatic heterocycles. The Kier molecular flexibility index (Phi) is 3.05. The zero-order valence-electron chi connectivity index (χ0n) is 7.05. The van der Waals surface area contributed by atoms with Crippen LogP contribution in [0.15, 0.2) is 0 Å². The van der Waals surface area contributed by atoms with Gasteiger partial charge in [0.15, 0.2) is 0 Å². The topological polar surface area (TPSA) is 12.0 Å². The van der Waals surface area contributed by atoms with Crippen molar-refractivity contribution in [2.45, 2.75) is 43.7 Å². The third-order valence-electron chi connectivity index (χ3n) is 2.12. The first-order valence-corrected chi connectivity index (χ1v) is 5.07. The zero-order chi connectivity index (χ0) is 7.56. The van der Waals surface area contributed by atoms with Gasteiger partial charge >= 0.3 is 0 Å². The summed E-state index contributed by atoms with van der Waals surface area (Å²) in [5.41, 5.74) is 0. The molecular formula is C8H17NS. The molecular weight excluding hydrogens is 142 g/mol. The van der Waals surface area contributed by atoms with Crippen LogP contribution in [0.25, 0.3) is 0 Å². The van der Waals surface area contributed by atoms with Gasteiger partial charge in [-0.25, -0.2) is 0 Å². The van der Waals surface area contributed by atoms with Crippen LogP contribution in [0.2, 0.25) is 0 Å². The third kappa shape index (κ3) is 1.89. The number of hydrogen-bond donors (Lipinski definition) is 1. The van der Waals surface area contributed by atoms with Crippen LogP contribution in [0, 0.1) is 0 Å². The van der Waals surface area contributed by atoms with Crippen LogP contribution >= 0.6 is 11.8 Å². The molecule has 3 unspecified atom stereocenters. The summed E-state index contributed by atoms with van der Waals surface area (Å²) in [6.45, 7) is 8.06. The SMILES string of the molecule is CCC1NCC(C)SC1C. The molecule has 1 rings (SSSR count). The fourth-order valence-electron chi connectivity index (χ4n) is 1.47. The van der Waals surface area contributed by atoms with E-state index < -0.39 is 0 Å². The molecule has 1 heterocycles. The van der Waals surface area contributed by atoms with Gasteiger partial charge in [0, 0.05) is 23.1 Å². The fourth-order valence-corrected chi connectivity index (χ4v) is 2.87. The smallest absolute Gasteiger partial charge is 0.0181 e. The van der Waals surface area contributed by atoms with Gasteiger partial charge in [0.2, 0.25) is 0 Å². The largest absolute Gasteiger partial charge is 0.312 e. The second kappa shape index (κ2) is 3.63. The van der Waals surface area contributed by atoms with Crippen LogP contribution in [0.3, 0.4) is 0 Å². The molecule has 3 atom stereocenters. The highest BCUT2D eigenvalue weighted by Gasteiger charge is 2.23. The van der Waals surface area contributed by atoms with Crippen molar-refractivity contribution in [1.82, 2.24) is 5.32 Å². The lowest BCUT2D eigenvalue weighted by Gasteiger charge is -2.32. The van der Waals surface area contributed by atoms with Crippen LogP contribution in [-0.4, -0.2) is 23.1 Å². The van der Waals surface area contributed by atoms with E-state index in [2.05, 4.69) is 37.8 Å². The van der Waals surface area contributed by atoms with E-state index in [0.717, 1.165) is 16.5 Å². The van der Waals surface area contributed by atoms with Crippen molar-refractivity contribution in [3.8, 4) is 0 Å². The Labute approximate surface area is 68.0 Å². The Morgan fingerprint density at radius 1 is 1.50 bits per heavy atom. The minimum Gasteiger partial charge on any atom is -0.312 e. The summed E-state index contributed by atoms with van der Waals surface area (Å²) < 4.78 is 0. The Bertz CT molecular complexity index is 105. The second-order valence-electron chi connectivity index (χ2n) is 3.07. The van der Waals surface area contributed by atoms with E-state index in [4.69, 9.17) is 0 Å². The highest BCUT2D eigenvalue weighted by atomic mass is 32.2. The Balaban J connectivity index is 2.36. The van der Waals surface area contributed by atoms with Crippen LogP contribution in [0.5, 0.6) is 0 Å². The van der Waals surface area contributed by atoms with Crippen molar-refractivity contribution < 1.29 is 0 Å². The van der Waals surface area contributed by atoms with Gasteiger partial charge in [0.1, 0.15) is 0 Å². The lowest BCUT2D eigenvalue weighted by molar-refractivity contribution is 0.478. The van der Waals surface area contributed by atoms with Crippen molar-refractivity contribution in [3.63, 3.8) is 0 Å². The summed E-state index contributed by atoms with van der Waals surface area (Å²) >= 11 is 2.11. The lowest BCUT2D eigenvalue weighted by atomic mass is 10.1. The van der Waals surface area contributed by atoms with Crippen LogP contribution < -0.4 is 5.32 Å². The highest BCUT2D eigenvalue weighted by Crippen LogP contribution is 2.25. The van der Waals surface area contributed by atoms with Crippen LogP contribution in [0.1, 0.15) is 27.2 Å². The van der Waals surface area contributed by atoms with Gasteiger partial charge in [-0.05, 0) is 6.42 Å². The van der Waals surface area contributed by atoms with E-state index in [0.29, 0.717) is 0 Å². The molecule has 0 saturated carbocycles. The van der Waals surface area contributed by atoms with Crippen LogP contribution in [0.4, 0.5) is 0 Å². The normalized spacial score (nSPS) is 41.7. The molecule has 1 fully saturated rings. The van der Waals surface area contributed by atoms with Gasteiger partial charge < -0.3 is 5.32 Å². The van der Waals surface area contributed by atoms with E-state index in [1.165, 1.54) is 13.0 Å². The molecule has 1 nitrogen and oxygen atoms in total. The summed E-state index contributed by atoms with van der Waals surface area (Å²) in [7, 11) is 0. The highest BCUT2D eigenvalue weighted by molar-refractivity contribution is 8.00. The van der Waals surface area contributed by atoms with Crippen molar-refractivity contribution in [2.75, 3.05) is 6.54 Å². The number of hydrogen-bond acceptors (Lipinski definition) is 2. The molecule has 1 N–H and O–H groups in total. The molecule has 0 bridgehead atoms. The summed E-state index contributed by atoms with van der Waals surface area (Å²) in [4.78, 5) is 0. The summed E-state index contributed by atoms with van der Waals surface area (Å²) in [6, 6.07) is 0.751. The van der Waals surface area contributed by atoms with Crippen molar-refractivity contribution >= 4 is 11.8 Å². The molecule has 1 aliphatic rings. The Morgan fingerprint density at radius 2 is 2.20 bits per heavy atom. The van der Waals surface area contributed by atoms with E-state index in [-0.39, 0.29) is 0 Å². The summed E-state index contributed by atoms with van der Waals surface area (Å²) in [6.07, 6.45) is 1.26. The van der Waals surface area contributed by atoms with Gasteiger partial charge in [-0.3, -0.25) is 0 Å². The molecule has 0 aromatic carbocycles. The molecule has 1 saturated heterocycles. The zero-order valence-corrected chi connectivity index (χ0v) is 7.87. The van der Waals surface area contributed by atoms with E-state index in [1.807, 2.05) is 0 Å². The third-order valence-corrected chi connectivity index (χ3v) is 3.51. The molecule has 0 aliphatic carbocycles. The maximum absolute atomic E-state index is 3.55. The van der Waals surface area contributed by atoms with Crippen molar-refractivity contribution in [2.24, 2.45) is 0 Å². The maximum atomic E-state index is 3.55. The van der Waals surface area contributed by atoms with Gasteiger partial charge in [-0.15, -0.1) is 0 Å². The second-order valence-corrected chi connectivity index (χ2v) is 4.90. The lowest BCUT2D eigenvalue weighted by Crippen LogP contribution is -2.44. The van der Waals surface area contributed by atoms with Gasteiger partial charge in [-0.1, -0.05) is 20.8 Å². The molecule has 0 amide bonds. The van der Waals surface area contributed by atoms with E-state index in [1.54, 1.807) is 0 Å². The quantitative estimate of drug-likeness (QED) is 0.627. The van der Waals surface area contributed by atoms with E-state index in [9.17, 15) is 0 Å². The molecule has 10 heavy (non-hydrogen) atoms. The predicted octanol–water partition coefficient (Wildman–Crippen LogP) is 1.88. The summed E-state index contributed by atoms with van der Waals surface area (Å²) in [5, 5.41) is 5.15. The average molecular weight is 159 g/mol. The molecule has 0 aromatic rings. The standard InChI is InChI=1S/C8H17NS/c1-4-8-7(3)10-6(2)5-9-8/h6-9H,4-5H2,1-3H3. The predicted molar refractivity (Wildman–Crippen MR) is 48.6 cm³/mol. The van der Waals surface area contributed by atoms with Gasteiger partial charge in [0.25, 0.3) is 0 Å². The van der Waals surface area contributed by atoms with Gasteiger partial charge in [-0.2, -0.15) is 11.8 Å². The minimum absolute atomic E-state index is 0.751. The monoisotopic (exact) mass is 159 g/mol. The molecule has 0 spiro atoms.